The van der Waals surface area contributed by atoms with E-state index in [4.69, 9.17) is 10.6 Å². The lowest BCUT2D eigenvalue weighted by Crippen LogP contribution is -2.43. The van der Waals surface area contributed by atoms with E-state index in [1.807, 2.05) is 0 Å². The van der Waals surface area contributed by atoms with E-state index in [1.165, 1.54) is 6.26 Å². The summed E-state index contributed by atoms with van der Waals surface area (Å²) in [7, 11) is -2.86. The van der Waals surface area contributed by atoms with Gasteiger partial charge < -0.3 is 4.74 Å². The van der Waals surface area contributed by atoms with Crippen LogP contribution in [0, 0.1) is 0 Å². The SMILES string of the molecule is CS(=O)(=O)CCCC(NN)C1CCCO1. The van der Waals surface area contributed by atoms with E-state index in [9.17, 15) is 8.42 Å². The van der Waals surface area contributed by atoms with Gasteiger partial charge in [0.25, 0.3) is 0 Å². The molecule has 6 heteroatoms. The molecule has 1 rings (SSSR count). The molecule has 1 aliphatic heterocycles. The smallest absolute Gasteiger partial charge is 0.147 e. The number of rotatable bonds is 6. The second kappa shape index (κ2) is 5.79. The van der Waals surface area contributed by atoms with Crippen LogP contribution in [-0.2, 0) is 14.6 Å². The van der Waals surface area contributed by atoms with Crippen molar-refractivity contribution in [2.75, 3.05) is 18.6 Å². The van der Waals surface area contributed by atoms with Gasteiger partial charge in [-0.15, -0.1) is 0 Å². The Kier molecular flexibility index (Phi) is 4.98. The quantitative estimate of drug-likeness (QED) is 0.494. The molecule has 1 aliphatic rings. The number of hydrogen-bond donors (Lipinski definition) is 2. The number of hydrogen-bond acceptors (Lipinski definition) is 5. The first-order valence-electron chi connectivity index (χ1n) is 5.28. The van der Waals surface area contributed by atoms with Gasteiger partial charge in [-0.25, -0.2) is 8.42 Å². The highest BCUT2D eigenvalue weighted by Crippen LogP contribution is 2.18. The standard InChI is InChI=1S/C9H20N2O3S/c1-15(12,13)7-3-4-8(11-10)9-5-2-6-14-9/h8-9,11H,2-7,10H2,1H3. The molecule has 0 bridgehead atoms. The highest BCUT2D eigenvalue weighted by molar-refractivity contribution is 7.90. The molecule has 5 nitrogen and oxygen atoms in total. The zero-order valence-electron chi connectivity index (χ0n) is 9.11. The predicted molar refractivity (Wildman–Crippen MR) is 59.0 cm³/mol. The van der Waals surface area contributed by atoms with Crippen LogP contribution in [0.3, 0.4) is 0 Å². The minimum absolute atomic E-state index is 0.0780. The Balaban J connectivity index is 2.27. The maximum atomic E-state index is 10.9. The maximum Gasteiger partial charge on any atom is 0.147 e. The summed E-state index contributed by atoms with van der Waals surface area (Å²) in [5.74, 6) is 5.64. The van der Waals surface area contributed by atoms with Gasteiger partial charge in [-0.3, -0.25) is 11.3 Å². The molecule has 0 aromatic rings. The summed E-state index contributed by atoms with van der Waals surface area (Å²) in [6.07, 6.45) is 4.85. The first-order valence-corrected chi connectivity index (χ1v) is 7.34. The Morgan fingerprint density at radius 1 is 1.60 bits per heavy atom. The number of sulfone groups is 1. The summed E-state index contributed by atoms with van der Waals surface area (Å²) >= 11 is 0. The Bertz CT molecular complexity index is 273. The first-order chi connectivity index (χ1) is 7.03. The lowest BCUT2D eigenvalue weighted by molar-refractivity contribution is 0.0754. The average Bonchev–Trinajstić information content (AvgIpc) is 2.63. The van der Waals surface area contributed by atoms with E-state index >= 15 is 0 Å². The molecule has 0 amide bonds. The average molecular weight is 236 g/mol. The summed E-state index contributed by atoms with van der Waals surface area (Å²) in [6, 6.07) is 0.0780. The monoisotopic (exact) mass is 236 g/mol. The molecule has 0 aromatic heterocycles. The summed E-state index contributed by atoms with van der Waals surface area (Å²) in [6.45, 7) is 0.787. The lowest BCUT2D eigenvalue weighted by Gasteiger charge is -2.21. The van der Waals surface area contributed by atoms with Crippen molar-refractivity contribution in [3.63, 3.8) is 0 Å². The van der Waals surface area contributed by atoms with Crippen molar-refractivity contribution in [3.05, 3.63) is 0 Å². The van der Waals surface area contributed by atoms with Crippen LogP contribution in [0.2, 0.25) is 0 Å². The molecule has 1 fully saturated rings. The van der Waals surface area contributed by atoms with Crippen LogP contribution in [-0.4, -0.2) is 39.2 Å². The van der Waals surface area contributed by atoms with Gasteiger partial charge >= 0.3 is 0 Å². The normalized spacial score (nSPS) is 24.3. The van der Waals surface area contributed by atoms with Gasteiger partial charge in [0.1, 0.15) is 9.84 Å². The van der Waals surface area contributed by atoms with Crippen LogP contribution in [0.4, 0.5) is 0 Å². The molecule has 1 saturated heterocycles. The molecule has 90 valence electrons. The second-order valence-corrected chi connectivity index (χ2v) is 6.36. The van der Waals surface area contributed by atoms with Gasteiger partial charge in [0.05, 0.1) is 6.10 Å². The lowest BCUT2D eigenvalue weighted by atomic mass is 10.0. The van der Waals surface area contributed by atoms with Crippen LogP contribution in [0.5, 0.6) is 0 Å². The molecule has 3 N–H and O–H groups in total. The fourth-order valence-electron chi connectivity index (χ4n) is 1.86. The predicted octanol–water partition coefficient (Wildman–Crippen LogP) is -0.178. The summed E-state index contributed by atoms with van der Waals surface area (Å²) in [5, 5.41) is 0. The van der Waals surface area contributed by atoms with E-state index in [1.54, 1.807) is 0 Å². The van der Waals surface area contributed by atoms with Crippen molar-refractivity contribution in [2.24, 2.45) is 5.84 Å². The zero-order chi connectivity index (χ0) is 11.3. The van der Waals surface area contributed by atoms with Gasteiger partial charge in [-0.2, -0.15) is 0 Å². The van der Waals surface area contributed by atoms with Crippen molar-refractivity contribution in [3.8, 4) is 0 Å². The molecular formula is C9H20N2O3S. The molecule has 0 radical (unpaired) electrons. The molecular weight excluding hydrogens is 216 g/mol. The third-order valence-electron chi connectivity index (χ3n) is 2.66. The van der Waals surface area contributed by atoms with Crippen LogP contribution in [0.1, 0.15) is 25.7 Å². The molecule has 0 aromatic carbocycles. The highest BCUT2D eigenvalue weighted by Gasteiger charge is 2.24. The Morgan fingerprint density at radius 2 is 2.33 bits per heavy atom. The topological polar surface area (TPSA) is 81.4 Å². The number of nitrogens with two attached hydrogens (primary N) is 1. The van der Waals surface area contributed by atoms with Crippen molar-refractivity contribution < 1.29 is 13.2 Å². The minimum Gasteiger partial charge on any atom is -0.377 e. The third-order valence-corrected chi connectivity index (χ3v) is 3.69. The van der Waals surface area contributed by atoms with Crippen molar-refractivity contribution in [1.29, 1.82) is 0 Å². The van der Waals surface area contributed by atoms with Crippen LogP contribution < -0.4 is 11.3 Å². The van der Waals surface area contributed by atoms with Crippen molar-refractivity contribution in [2.45, 2.75) is 37.8 Å². The zero-order valence-corrected chi connectivity index (χ0v) is 9.92. The van der Waals surface area contributed by atoms with Crippen LogP contribution >= 0.6 is 0 Å². The fourth-order valence-corrected chi connectivity index (χ4v) is 2.55. The summed E-state index contributed by atoms with van der Waals surface area (Å²) in [4.78, 5) is 0. The van der Waals surface area contributed by atoms with Crippen molar-refractivity contribution in [1.82, 2.24) is 5.43 Å². The Morgan fingerprint density at radius 3 is 2.80 bits per heavy atom. The van der Waals surface area contributed by atoms with E-state index in [-0.39, 0.29) is 17.9 Å². The molecule has 2 unspecified atom stereocenters. The second-order valence-electron chi connectivity index (χ2n) is 4.10. The Hall–Kier alpha value is -0.170. The molecule has 0 aliphatic carbocycles. The van der Waals surface area contributed by atoms with E-state index in [0.717, 1.165) is 25.9 Å². The summed E-state index contributed by atoms with van der Waals surface area (Å²) in [5.41, 5.74) is 2.71. The van der Waals surface area contributed by atoms with Crippen LogP contribution in [0.15, 0.2) is 0 Å². The molecule has 15 heavy (non-hydrogen) atoms. The van der Waals surface area contributed by atoms with Crippen LogP contribution in [0.25, 0.3) is 0 Å². The maximum absolute atomic E-state index is 10.9. The van der Waals surface area contributed by atoms with E-state index in [2.05, 4.69) is 5.43 Å². The van der Waals surface area contributed by atoms with Gasteiger partial charge in [-0.1, -0.05) is 0 Å². The van der Waals surface area contributed by atoms with Gasteiger partial charge in [-0.05, 0) is 25.7 Å². The molecule has 1 heterocycles. The van der Waals surface area contributed by atoms with Gasteiger partial charge in [0.15, 0.2) is 0 Å². The van der Waals surface area contributed by atoms with Gasteiger partial charge in [0.2, 0.25) is 0 Å². The van der Waals surface area contributed by atoms with E-state index in [0.29, 0.717) is 6.42 Å². The fraction of sp³-hybridized carbons (Fsp3) is 1.00. The number of ether oxygens (including phenoxy) is 1. The minimum atomic E-state index is -2.86. The number of hydrazine groups is 1. The van der Waals surface area contributed by atoms with E-state index < -0.39 is 9.84 Å². The molecule has 2 atom stereocenters. The molecule has 0 saturated carbocycles. The third kappa shape index (κ3) is 4.92. The summed E-state index contributed by atoms with van der Waals surface area (Å²) < 4.78 is 27.4. The Labute approximate surface area is 91.3 Å². The number of nitrogens with one attached hydrogen (secondary N) is 1. The first kappa shape index (κ1) is 12.9. The largest absolute Gasteiger partial charge is 0.377 e. The highest BCUT2D eigenvalue weighted by atomic mass is 32.2. The van der Waals surface area contributed by atoms with Gasteiger partial charge in [0, 0.05) is 24.7 Å². The molecule has 0 spiro atoms. The van der Waals surface area contributed by atoms with Crippen molar-refractivity contribution >= 4 is 9.84 Å².